The first kappa shape index (κ1) is 67.5. The van der Waals surface area contributed by atoms with Crippen LogP contribution >= 0.6 is 31.9 Å². The number of nitrogens with one attached hydrogen (secondary N) is 2. The Hall–Kier alpha value is -4.96. The Morgan fingerprint density at radius 2 is 0.925 bits per heavy atom. The second-order valence-corrected chi connectivity index (χ2v) is 25.7. The molecule has 6 rings (SSSR count). The molecule has 80 heavy (non-hydrogen) atoms. The topological polar surface area (TPSA) is 163 Å². The molecule has 0 spiro atoms. The van der Waals surface area contributed by atoms with Crippen LogP contribution in [0.4, 0.5) is 9.59 Å². The summed E-state index contributed by atoms with van der Waals surface area (Å²) in [4.78, 5) is 73.7. The Morgan fingerprint density at radius 1 is 0.512 bits per heavy atom. The number of aryl methyl sites for hydroxylation is 1. The van der Waals surface area contributed by atoms with E-state index in [2.05, 4.69) is 85.8 Å². The van der Waals surface area contributed by atoms with Crippen LogP contribution in [0, 0.1) is 0 Å². The average Bonchev–Trinajstić information content (AvgIpc) is 3.84. The lowest BCUT2D eigenvalue weighted by Gasteiger charge is -2.32. The third-order valence-electron chi connectivity index (χ3n) is 13.9. The van der Waals surface area contributed by atoms with Gasteiger partial charge in [0.05, 0.1) is 11.2 Å². The molecule has 1 fully saturated rings. The summed E-state index contributed by atoms with van der Waals surface area (Å²) in [6.07, 6.45) is 12.6. The molecule has 0 unspecified atom stereocenters. The number of carbonyl (C=O) groups is 6. The number of ketones is 4. The molecule has 15 heteroatoms. The number of benzene rings is 4. The van der Waals surface area contributed by atoms with Crippen LogP contribution in [0.2, 0.25) is 0 Å². The highest BCUT2D eigenvalue weighted by atomic mass is 79.9. The molecule has 12 nitrogen and oxygen atoms in total. The zero-order valence-corrected chi connectivity index (χ0v) is 53.2. The molecule has 2 aliphatic rings. The van der Waals surface area contributed by atoms with Crippen LogP contribution in [0.15, 0.2) is 81.7 Å². The number of ether oxygens (including phenoxy) is 2. The zero-order chi connectivity index (χ0) is 59.4. The van der Waals surface area contributed by atoms with Gasteiger partial charge in [-0.25, -0.2) is 9.59 Å². The lowest BCUT2D eigenvalue weighted by atomic mass is 9.76. The Bertz CT molecular complexity index is 2740. The molecule has 1 saturated heterocycles. The van der Waals surface area contributed by atoms with Crippen molar-refractivity contribution in [2.45, 2.75) is 215 Å². The average molecular weight is 1230 g/mol. The van der Waals surface area contributed by atoms with E-state index in [0.717, 1.165) is 36.6 Å². The summed E-state index contributed by atoms with van der Waals surface area (Å²) in [5, 5.41) is 5.30. The predicted molar refractivity (Wildman–Crippen MR) is 330 cm³/mol. The number of Topliss-reactive ketones (excluding diaryl/α,β-unsaturated/α-hetero) is 4. The maximum Gasteiger partial charge on any atom is 0.494 e. The van der Waals surface area contributed by atoms with Crippen molar-refractivity contribution in [1.82, 2.24) is 10.6 Å². The van der Waals surface area contributed by atoms with Gasteiger partial charge in [-0.2, -0.15) is 0 Å². The minimum Gasteiger partial charge on any atom is -0.444 e. The van der Waals surface area contributed by atoms with Gasteiger partial charge in [0.1, 0.15) is 11.2 Å². The molecule has 0 aromatic heterocycles. The Morgan fingerprint density at radius 3 is 1.36 bits per heavy atom. The molecule has 0 atom stereocenters. The van der Waals surface area contributed by atoms with E-state index >= 15 is 0 Å². The Kier molecular flexibility index (Phi) is 26.6. The summed E-state index contributed by atoms with van der Waals surface area (Å²) in [6, 6.07) is 24.0. The number of carbonyl (C=O) groups excluding carboxylic acids is 6. The lowest BCUT2D eigenvalue weighted by molar-refractivity contribution is 0.00578. The maximum absolute atomic E-state index is 13.0. The van der Waals surface area contributed by atoms with E-state index in [9.17, 15) is 28.8 Å². The monoisotopic (exact) mass is 1230 g/mol. The highest BCUT2D eigenvalue weighted by Crippen LogP contribution is 2.39. The molecule has 436 valence electrons. The summed E-state index contributed by atoms with van der Waals surface area (Å²) in [6.45, 7) is 25.6. The van der Waals surface area contributed by atoms with Crippen molar-refractivity contribution in [2.75, 3.05) is 13.1 Å². The first-order chi connectivity index (χ1) is 37.5. The standard InChI is InChI=1S/C26H40BNO6.C20H28BrNO4.C19H21Br/c1-9-10-12-21(29)18-15-19(22(30)13-11-14-28-23(31)32-24(2,3)4)17-20(16-18)27-33-25(5,6)26(7,8)34-27;1-5-6-8-17(23)14-11-15(13-16(21)12-14)18(24)9-7-10-22-19(25)26-20(2,3)4;1-2-3-4-5-6-14-7-9-18-15(11-14)12-16-13-17(20)8-10-19(16)18/h15-17H,9-14H2,1-8H3,(H,28,31);11-13H,5-10H2,1-4H3,(H,22,25);7-11,13H,2-6,12H2,1H3. The van der Waals surface area contributed by atoms with E-state index in [1.165, 1.54) is 64.4 Å². The fraction of sp³-hybridized carbons (Fsp3) is 0.538. The minimum absolute atomic E-state index is 0.000796. The molecule has 0 bridgehead atoms. The molecule has 2 N–H and O–H groups in total. The summed E-state index contributed by atoms with van der Waals surface area (Å²) < 4.78 is 24.6. The predicted octanol–water partition coefficient (Wildman–Crippen LogP) is 16.3. The van der Waals surface area contributed by atoms with Crippen molar-refractivity contribution >= 4 is 79.8 Å². The molecule has 1 aliphatic carbocycles. The summed E-state index contributed by atoms with van der Waals surface area (Å²) in [5.74, 6) is -0.106. The van der Waals surface area contributed by atoms with Crippen molar-refractivity contribution in [1.29, 1.82) is 0 Å². The van der Waals surface area contributed by atoms with Crippen molar-refractivity contribution in [3.8, 4) is 11.1 Å². The molecule has 0 saturated carbocycles. The van der Waals surface area contributed by atoms with Crippen LogP contribution < -0.4 is 16.1 Å². The molecule has 4 aromatic carbocycles. The number of hydrogen-bond acceptors (Lipinski definition) is 10. The van der Waals surface area contributed by atoms with Crippen LogP contribution in [0.5, 0.6) is 0 Å². The first-order valence-corrected chi connectivity index (χ1v) is 30.4. The van der Waals surface area contributed by atoms with E-state index in [1.54, 1.807) is 77.9 Å². The van der Waals surface area contributed by atoms with Gasteiger partial charge in [-0.05, 0) is 184 Å². The molecule has 4 aromatic rings. The highest BCUT2D eigenvalue weighted by Gasteiger charge is 2.52. The normalized spacial score (nSPS) is 13.9. The number of unbranched alkanes of at least 4 members (excludes halogenated alkanes) is 5. The fourth-order valence-electron chi connectivity index (χ4n) is 8.90. The molecule has 1 aliphatic heterocycles. The maximum atomic E-state index is 13.0. The van der Waals surface area contributed by atoms with Crippen molar-refractivity contribution in [2.24, 2.45) is 0 Å². The largest absolute Gasteiger partial charge is 0.494 e. The van der Waals surface area contributed by atoms with E-state index in [0.29, 0.717) is 66.5 Å². The van der Waals surface area contributed by atoms with Crippen LogP contribution in [-0.2, 0) is 31.6 Å². The number of alkyl carbamates (subject to hydrolysis) is 2. The number of amides is 2. The second kappa shape index (κ2) is 31.5. The fourth-order valence-corrected chi connectivity index (χ4v) is 9.81. The Balaban J connectivity index is 0.000000267. The van der Waals surface area contributed by atoms with Gasteiger partial charge in [0.15, 0.2) is 23.1 Å². The first-order valence-electron chi connectivity index (χ1n) is 28.8. The van der Waals surface area contributed by atoms with E-state index in [1.807, 2.05) is 41.5 Å². The number of rotatable bonds is 24. The van der Waals surface area contributed by atoms with Crippen LogP contribution in [-0.4, -0.2) is 77.9 Å². The molecular weight excluding hydrogens is 1140 g/mol. The quantitative estimate of drug-likeness (QED) is 0.0345. The van der Waals surface area contributed by atoms with Crippen molar-refractivity contribution in [3.63, 3.8) is 0 Å². The van der Waals surface area contributed by atoms with Gasteiger partial charge in [0.25, 0.3) is 0 Å². The van der Waals surface area contributed by atoms with E-state index in [4.69, 9.17) is 18.8 Å². The Labute approximate surface area is 495 Å². The van der Waals surface area contributed by atoms with Gasteiger partial charge in [0, 0.05) is 70.0 Å². The van der Waals surface area contributed by atoms with Crippen molar-refractivity contribution < 1.29 is 47.5 Å². The number of hydrogen-bond donors (Lipinski definition) is 2. The third-order valence-corrected chi connectivity index (χ3v) is 14.9. The smallest absolute Gasteiger partial charge is 0.444 e. The van der Waals surface area contributed by atoms with Crippen LogP contribution in [0.1, 0.15) is 238 Å². The summed E-state index contributed by atoms with van der Waals surface area (Å²) in [7, 11) is -0.663. The molecule has 2 amide bonds. The van der Waals surface area contributed by atoms with Crippen LogP contribution in [0.3, 0.4) is 0 Å². The van der Waals surface area contributed by atoms with Gasteiger partial charge in [-0.15, -0.1) is 0 Å². The van der Waals surface area contributed by atoms with Gasteiger partial charge in [-0.3, -0.25) is 19.2 Å². The number of fused-ring (bicyclic) bond motifs is 3. The van der Waals surface area contributed by atoms with Gasteiger partial charge in [0.2, 0.25) is 0 Å². The summed E-state index contributed by atoms with van der Waals surface area (Å²) >= 11 is 6.94. The lowest BCUT2D eigenvalue weighted by Crippen LogP contribution is -2.41. The van der Waals surface area contributed by atoms with Gasteiger partial charge < -0.3 is 29.4 Å². The minimum atomic E-state index is -0.663. The summed E-state index contributed by atoms with van der Waals surface area (Å²) in [5.41, 5.74) is 7.82. The van der Waals surface area contributed by atoms with Gasteiger partial charge >= 0.3 is 19.3 Å². The zero-order valence-electron chi connectivity index (χ0n) is 50.1. The van der Waals surface area contributed by atoms with E-state index in [-0.39, 0.29) is 36.0 Å². The molecule has 1 heterocycles. The molecular formula is C65H89BBr2N2O10. The molecule has 0 radical (unpaired) electrons. The SMILES string of the molecule is CCCCC(=O)c1cc(B2OC(C)(C)C(C)(C)O2)cc(C(=O)CCCNC(=O)OC(C)(C)C)c1.CCCCC(=O)c1cc(Br)cc(C(=O)CCCNC(=O)OC(C)(C)C)c1.CCCCCCc1ccc2c(c1)Cc1cc(Br)ccc1-2. The van der Waals surface area contributed by atoms with E-state index < -0.39 is 41.7 Å². The van der Waals surface area contributed by atoms with Crippen LogP contribution in [0.25, 0.3) is 11.1 Å². The number of halogens is 2. The van der Waals surface area contributed by atoms with Crippen molar-refractivity contribution in [3.05, 3.63) is 121 Å². The third kappa shape index (κ3) is 22.4. The van der Waals surface area contributed by atoms with Gasteiger partial charge in [-0.1, -0.05) is 121 Å². The second-order valence-electron chi connectivity index (χ2n) is 23.9. The highest BCUT2D eigenvalue weighted by molar-refractivity contribution is 9.10.